The maximum atomic E-state index is 6.04. The van der Waals surface area contributed by atoms with Crippen LogP contribution in [0.4, 0.5) is 5.82 Å². The summed E-state index contributed by atoms with van der Waals surface area (Å²) >= 11 is 0. The lowest BCUT2D eigenvalue weighted by molar-refractivity contribution is -0.0167. The van der Waals surface area contributed by atoms with Crippen LogP contribution in [0.15, 0.2) is 0 Å². The number of ether oxygens (including phenoxy) is 2. The Labute approximate surface area is 107 Å². The monoisotopic (exact) mass is 249 g/mol. The number of methoxy groups -OCH3 is 1. The average Bonchev–Trinajstić information content (AvgIpc) is 2.89. The molecule has 1 saturated carbocycles. The Balaban J connectivity index is 2.04. The van der Waals surface area contributed by atoms with E-state index in [1.165, 1.54) is 0 Å². The minimum atomic E-state index is -0.318. The lowest BCUT2D eigenvalue weighted by atomic mass is 10.00. The van der Waals surface area contributed by atoms with Gasteiger partial charge in [-0.3, -0.25) is 0 Å². The van der Waals surface area contributed by atoms with Crippen LogP contribution in [0.3, 0.4) is 0 Å². The summed E-state index contributed by atoms with van der Waals surface area (Å²) in [6, 6.07) is 0. The lowest BCUT2D eigenvalue weighted by Crippen LogP contribution is -2.29. The average molecular weight is 249 g/mol. The number of nitrogen functional groups attached to an aromatic ring is 1. The van der Waals surface area contributed by atoms with Crippen molar-refractivity contribution in [2.24, 2.45) is 0 Å². The summed E-state index contributed by atoms with van der Waals surface area (Å²) in [7, 11) is 1.74. The van der Waals surface area contributed by atoms with Gasteiger partial charge in [-0.25, -0.2) is 9.97 Å². The van der Waals surface area contributed by atoms with Gasteiger partial charge in [0.1, 0.15) is 11.4 Å². The first-order valence-electron chi connectivity index (χ1n) is 6.54. The summed E-state index contributed by atoms with van der Waals surface area (Å²) in [6.07, 6.45) is 5.11. The highest BCUT2D eigenvalue weighted by Crippen LogP contribution is 2.40. The molecule has 1 aromatic rings. The second-order valence-electron chi connectivity index (χ2n) is 5.07. The van der Waals surface area contributed by atoms with Gasteiger partial charge in [0.15, 0.2) is 5.82 Å². The highest BCUT2D eigenvalue weighted by Gasteiger charge is 2.39. The molecule has 0 saturated heterocycles. The highest BCUT2D eigenvalue weighted by molar-refractivity contribution is 5.43. The molecule has 5 heteroatoms. The van der Waals surface area contributed by atoms with E-state index in [4.69, 9.17) is 20.2 Å². The molecule has 0 bridgehead atoms. The van der Waals surface area contributed by atoms with E-state index in [0.717, 1.165) is 49.2 Å². The standard InChI is InChI=1S/C13H19N3O2/c1-17-13(5-2-3-6-13)12-15-10-4-7-18-8-9(10)11(14)16-12/h2-8H2,1H3,(H2,14,15,16). The molecule has 1 fully saturated rings. The summed E-state index contributed by atoms with van der Waals surface area (Å²) in [6.45, 7) is 1.24. The molecule has 0 atom stereocenters. The van der Waals surface area contributed by atoms with E-state index in [1.54, 1.807) is 7.11 Å². The van der Waals surface area contributed by atoms with Gasteiger partial charge in [-0.05, 0) is 25.7 Å². The third-order valence-corrected chi connectivity index (χ3v) is 4.06. The second-order valence-corrected chi connectivity index (χ2v) is 5.07. The van der Waals surface area contributed by atoms with Crippen molar-refractivity contribution < 1.29 is 9.47 Å². The molecule has 1 aromatic heterocycles. The van der Waals surface area contributed by atoms with Crippen LogP contribution in [0.5, 0.6) is 0 Å². The minimum Gasteiger partial charge on any atom is -0.383 e. The number of nitrogens with two attached hydrogens (primary N) is 1. The minimum absolute atomic E-state index is 0.318. The van der Waals surface area contributed by atoms with Crippen LogP contribution >= 0.6 is 0 Å². The van der Waals surface area contributed by atoms with E-state index < -0.39 is 0 Å². The van der Waals surface area contributed by atoms with Gasteiger partial charge < -0.3 is 15.2 Å². The van der Waals surface area contributed by atoms with Gasteiger partial charge in [-0.2, -0.15) is 0 Å². The summed E-state index contributed by atoms with van der Waals surface area (Å²) in [4.78, 5) is 9.18. The van der Waals surface area contributed by atoms with Gasteiger partial charge >= 0.3 is 0 Å². The highest BCUT2D eigenvalue weighted by atomic mass is 16.5. The first-order chi connectivity index (χ1) is 8.75. The molecule has 1 aliphatic carbocycles. The molecule has 3 rings (SSSR count). The van der Waals surface area contributed by atoms with Crippen LogP contribution in [0, 0.1) is 0 Å². The van der Waals surface area contributed by atoms with Crippen molar-refractivity contribution >= 4 is 5.82 Å². The van der Waals surface area contributed by atoms with Crippen molar-refractivity contribution in [2.45, 2.75) is 44.3 Å². The van der Waals surface area contributed by atoms with Gasteiger partial charge in [-0.15, -0.1) is 0 Å². The maximum absolute atomic E-state index is 6.04. The molecule has 2 N–H and O–H groups in total. The third kappa shape index (κ3) is 1.78. The van der Waals surface area contributed by atoms with E-state index in [1.807, 2.05) is 0 Å². The molecule has 2 aliphatic rings. The van der Waals surface area contributed by atoms with Crippen molar-refractivity contribution in [3.8, 4) is 0 Å². The molecule has 2 heterocycles. The number of aromatic nitrogens is 2. The predicted octanol–water partition coefficient (Wildman–Crippen LogP) is 1.55. The zero-order chi connectivity index (χ0) is 12.6. The van der Waals surface area contributed by atoms with Crippen molar-refractivity contribution in [3.05, 3.63) is 17.1 Å². The van der Waals surface area contributed by atoms with Gasteiger partial charge in [0.05, 0.1) is 18.9 Å². The number of nitrogens with zero attached hydrogens (tertiary/aromatic N) is 2. The number of hydrogen-bond donors (Lipinski definition) is 1. The van der Waals surface area contributed by atoms with Gasteiger partial charge in [0.2, 0.25) is 0 Å². The number of hydrogen-bond acceptors (Lipinski definition) is 5. The van der Waals surface area contributed by atoms with E-state index in [-0.39, 0.29) is 5.60 Å². The molecular formula is C13H19N3O2. The molecule has 98 valence electrons. The number of fused-ring (bicyclic) bond motifs is 1. The Morgan fingerprint density at radius 2 is 2.06 bits per heavy atom. The molecule has 18 heavy (non-hydrogen) atoms. The van der Waals surface area contributed by atoms with Gasteiger partial charge in [0.25, 0.3) is 0 Å². The fourth-order valence-electron chi connectivity index (χ4n) is 2.93. The zero-order valence-electron chi connectivity index (χ0n) is 10.7. The Bertz CT molecular complexity index is 456. The molecule has 5 nitrogen and oxygen atoms in total. The summed E-state index contributed by atoms with van der Waals surface area (Å²) < 4.78 is 11.1. The smallest absolute Gasteiger partial charge is 0.162 e. The summed E-state index contributed by atoms with van der Waals surface area (Å²) in [5, 5.41) is 0. The normalized spacial score (nSPS) is 21.8. The van der Waals surface area contributed by atoms with Crippen LogP contribution in [0.1, 0.15) is 42.8 Å². The quantitative estimate of drug-likeness (QED) is 0.861. The van der Waals surface area contributed by atoms with Crippen molar-refractivity contribution in [1.29, 1.82) is 0 Å². The van der Waals surface area contributed by atoms with Crippen LogP contribution in [-0.2, 0) is 28.1 Å². The van der Waals surface area contributed by atoms with Crippen LogP contribution in [0.2, 0.25) is 0 Å². The topological polar surface area (TPSA) is 70.3 Å². The molecule has 0 amide bonds. The Morgan fingerprint density at radius 3 is 2.78 bits per heavy atom. The molecular weight excluding hydrogens is 230 g/mol. The Hall–Kier alpha value is -1.20. The number of rotatable bonds is 2. The van der Waals surface area contributed by atoms with Crippen LogP contribution in [-0.4, -0.2) is 23.7 Å². The van der Waals surface area contributed by atoms with Crippen LogP contribution in [0.25, 0.3) is 0 Å². The zero-order valence-corrected chi connectivity index (χ0v) is 10.7. The predicted molar refractivity (Wildman–Crippen MR) is 67.0 cm³/mol. The van der Waals surface area contributed by atoms with Crippen molar-refractivity contribution in [3.63, 3.8) is 0 Å². The fourth-order valence-corrected chi connectivity index (χ4v) is 2.93. The largest absolute Gasteiger partial charge is 0.383 e. The molecule has 0 unspecified atom stereocenters. The van der Waals surface area contributed by atoms with Gasteiger partial charge in [0, 0.05) is 19.1 Å². The first-order valence-corrected chi connectivity index (χ1v) is 6.54. The fraction of sp³-hybridized carbons (Fsp3) is 0.692. The van der Waals surface area contributed by atoms with E-state index in [0.29, 0.717) is 19.0 Å². The number of anilines is 1. The maximum Gasteiger partial charge on any atom is 0.162 e. The summed E-state index contributed by atoms with van der Waals surface area (Å²) in [5.41, 5.74) is 7.71. The molecule has 1 aliphatic heterocycles. The first kappa shape index (κ1) is 11.9. The van der Waals surface area contributed by atoms with Crippen LogP contribution < -0.4 is 5.73 Å². The Kier molecular flexibility index (Phi) is 2.95. The lowest BCUT2D eigenvalue weighted by Gasteiger charge is -2.27. The van der Waals surface area contributed by atoms with E-state index in [9.17, 15) is 0 Å². The Morgan fingerprint density at radius 1 is 1.28 bits per heavy atom. The molecule has 0 radical (unpaired) electrons. The van der Waals surface area contributed by atoms with Gasteiger partial charge in [-0.1, -0.05) is 0 Å². The van der Waals surface area contributed by atoms with Crippen molar-refractivity contribution in [1.82, 2.24) is 9.97 Å². The second kappa shape index (κ2) is 4.48. The van der Waals surface area contributed by atoms with E-state index >= 15 is 0 Å². The third-order valence-electron chi connectivity index (χ3n) is 4.06. The molecule has 0 aromatic carbocycles. The molecule has 0 spiro atoms. The summed E-state index contributed by atoms with van der Waals surface area (Å²) in [5.74, 6) is 1.32. The van der Waals surface area contributed by atoms with Crippen molar-refractivity contribution in [2.75, 3.05) is 19.5 Å². The SMILES string of the molecule is COC1(c2nc(N)c3c(n2)CCOC3)CCCC1. The van der Waals surface area contributed by atoms with E-state index in [2.05, 4.69) is 4.98 Å².